The number of hydrogen-bond donors (Lipinski definition) is 0. The van der Waals surface area contributed by atoms with Crippen molar-refractivity contribution in [1.29, 1.82) is 0 Å². The van der Waals surface area contributed by atoms with Gasteiger partial charge in [-0.15, -0.1) is 0 Å². The third-order valence-corrected chi connectivity index (χ3v) is 3.33. The zero-order valence-corrected chi connectivity index (χ0v) is 8.33. The Balaban J connectivity index is 2.22. The van der Waals surface area contributed by atoms with Crippen LogP contribution in [0, 0.1) is 11.8 Å². The summed E-state index contributed by atoms with van der Waals surface area (Å²) in [6.07, 6.45) is 1.81. The average Bonchev–Trinajstić information content (AvgIpc) is 2.20. The summed E-state index contributed by atoms with van der Waals surface area (Å²) in [7, 11) is 0. The third-order valence-electron chi connectivity index (χ3n) is 3.33. The first-order chi connectivity index (χ1) is 5.52. The Morgan fingerprint density at radius 2 is 1.83 bits per heavy atom. The Labute approximate surface area is 74.2 Å². The lowest BCUT2D eigenvalue weighted by molar-refractivity contribution is -0.291. The lowest BCUT2D eigenvalue weighted by atomic mass is 9.91. The minimum absolute atomic E-state index is 0.282. The molecule has 2 heterocycles. The van der Waals surface area contributed by atoms with Crippen LogP contribution in [-0.4, -0.2) is 18.0 Å². The van der Waals surface area contributed by atoms with E-state index in [0.717, 1.165) is 6.42 Å². The van der Waals surface area contributed by atoms with Crippen LogP contribution in [0.4, 0.5) is 0 Å². The van der Waals surface area contributed by atoms with E-state index in [1.807, 2.05) is 0 Å². The molecule has 0 aromatic carbocycles. The maximum absolute atomic E-state index is 5.86. The van der Waals surface area contributed by atoms with Gasteiger partial charge in [0.05, 0.1) is 12.2 Å². The maximum Gasteiger partial charge on any atom is 0.166 e. The van der Waals surface area contributed by atoms with Crippen molar-refractivity contribution >= 4 is 0 Å². The van der Waals surface area contributed by atoms with Crippen LogP contribution in [0.15, 0.2) is 0 Å². The minimum atomic E-state index is -0.282. The molecule has 0 saturated carbocycles. The van der Waals surface area contributed by atoms with Crippen molar-refractivity contribution in [2.45, 2.75) is 52.1 Å². The Kier molecular flexibility index (Phi) is 1.74. The van der Waals surface area contributed by atoms with Gasteiger partial charge in [-0.25, -0.2) is 0 Å². The second-order valence-corrected chi connectivity index (χ2v) is 4.58. The highest BCUT2D eigenvalue weighted by Crippen LogP contribution is 2.45. The molecule has 0 amide bonds. The normalized spacial score (nSPS) is 59.0. The molecule has 2 aliphatic rings. The van der Waals surface area contributed by atoms with E-state index in [1.165, 1.54) is 0 Å². The number of fused-ring (bicyclic) bond motifs is 2. The maximum atomic E-state index is 5.86. The van der Waals surface area contributed by atoms with Gasteiger partial charge >= 0.3 is 0 Å². The largest absolute Gasteiger partial charge is 0.347 e. The second kappa shape index (κ2) is 2.46. The molecular formula is C10H18O2. The zero-order chi connectivity index (χ0) is 8.93. The SMILES string of the molecule is CC1CC2(C)OC(C)C(C)C1O2. The average molecular weight is 170 g/mol. The summed E-state index contributed by atoms with van der Waals surface area (Å²) in [5, 5.41) is 0. The smallest absolute Gasteiger partial charge is 0.166 e. The van der Waals surface area contributed by atoms with Gasteiger partial charge < -0.3 is 9.47 Å². The molecule has 5 unspecified atom stereocenters. The van der Waals surface area contributed by atoms with Crippen molar-refractivity contribution in [2.24, 2.45) is 11.8 Å². The van der Waals surface area contributed by atoms with Gasteiger partial charge in [0.2, 0.25) is 0 Å². The Morgan fingerprint density at radius 3 is 2.50 bits per heavy atom. The first kappa shape index (κ1) is 8.52. The molecule has 2 aliphatic heterocycles. The number of rotatable bonds is 0. The van der Waals surface area contributed by atoms with Gasteiger partial charge in [-0.3, -0.25) is 0 Å². The summed E-state index contributed by atoms with van der Waals surface area (Å²) < 4.78 is 11.7. The fourth-order valence-electron chi connectivity index (χ4n) is 2.62. The Hall–Kier alpha value is -0.0800. The van der Waals surface area contributed by atoms with Crippen molar-refractivity contribution in [3.63, 3.8) is 0 Å². The molecule has 2 heteroatoms. The van der Waals surface area contributed by atoms with Crippen molar-refractivity contribution in [2.75, 3.05) is 0 Å². The lowest BCUT2D eigenvalue weighted by Gasteiger charge is -2.39. The highest BCUT2D eigenvalue weighted by Gasteiger charge is 2.50. The van der Waals surface area contributed by atoms with Gasteiger partial charge in [-0.05, 0) is 19.8 Å². The molecule has 12 heavy (non-hydrogen) atoms. The van der Waals surface area contributed by atoms with Crippen molar-refractivity contribution in [1.82, 2.24) is 0 Å². The van der Waals surface area contributed by atoms with Gasteiger partial charge in [-0.1, -0.05) is 13.8 Å². The van der Waals surface area contributed by atoms with E-state index >= 15 is 0 Å². The van der Waals surface area contributed by atoms with Crippen LogP contribution in [0.2, 0.25) is 0 Å². The molecule has 2 fully saturated rings. The third kappa shape index (κ3) is 1.09. The first-order valence-electron chi connectivity index (χ1n) is 4.87. The zero-order valence-electron chi connectivity index (χ0n) is 8.33. The molecule has 0 radical (unpaired) electrons. The minimum Gasteiger partial charge on any atom is -0.347 e. The van der Waals surface area contributed by atoms with E-state index in [9.17, 15) is 0 Å². The van der Waals surface area contributed by atoms with Crippen LogP contribution in [-0.2, 0) is 9.47 Å². The fraction of sp³-hybridized carbons (Fsp3) is 1.00. The van der Waals surface area contributed by atoms with Crippen LogP contribution < -0.4 is 0 Å². The summed E-state index contributed by atoms with van der Waals surface area (Å²) in [5.41, 5.74) is 0. The standard InChI is InChI=1S/C10H18O2/c1-6-5-10(4)11-8(3)7(2)9(6)12-10/h6-9H,5H2,1-4H3. The van der Waals surface area contributed by atoms with E-state index < -0.39 is 0 Å². The molecule has 0 N–H and O–H groups in total. The second-order valence-electron chi connectivity index (χ2n) is 4.58. The van der Waals surface area contributed by atoms with E-state index in [2.05, 4.69) is 27.7 Å². The Bertz CT molecular complexity index is 188. The van der Waals surface area contributed by atoms with E-state index in [-0.39, 0.29) is 5.79 Å². The summed E-state index contributed by atoms with van der Waals surface area (Å²) in [6.45, 7) is 8.69. The van der Waals surface area contributed by atoms with Gasteiger partial charge in [0, 0.05) is 12.3 Å². The lowest BCUT2D eigenvalue weighted by Crippen LogP contribution is -2.44. The summed E-state index contributed by atoms with van der Waals surface area (Å²) in [6, 6.07) is 0. The molecule has 2 rings (SSSR count). The molecule has 2 nitrogen and oxygen atoms in total. The van der Waals surface area contributed by atoms with Crippen molar-refractivity contribution in [3.05, 3.63) is 0 Å². The predicted octanol–water partition coefficient (Wildman–Crippen LogP) is 2.18. The van der Waals surface area contributed by atoms with Gasteiger partial charge in [0.1, 0.15) is 0 Å². The van der Waals surface area contributed by atoms with Crippen LogP contribution in [0.25, 0.3) is 0 Å². The molecule has 0 aromatic rings. The molecule has 2 bridgehead atoms. The Morgan fingerprint density at radius 1 is 1.17 bits per heavy atom. The van der Waals surface area contributed by atoms with Gasteiger partial charge in [-0.2, -0.15) is 0 Å². The molecule has 0 aromatic heterocycles. The van der Waals surface area contributed by atoms with E-state index in [0.29, 0.717) is 24.0 Å². The van der Waals surface area contributed by atoms with E-state index in [4.69, 9.17) is 9.47 Å². The molecule has 5 atom stereocenters. The van der Waals surface area contributed by atoms with Gasteiger partial charge in [0.25, 0.3) is 0 Å². The van der Waals surface area contributed by atoms with Crippen LogP contribution in [0.5, 0.6) is 0 Å². The molecule has 70 valence electrons. The number of ether oxygens (including phenoxy) is 2. The monoisotopic (exact) mass is 170 g/mol. The molecular weight excluding hydrogens is 152 g/mol. The molecule has 0 spiro atoms. The topological polar surface area (TPSA) is 18.5 Å². The van der Waals surface area contributed by atoms with E-state index in [1.54, 1.807) is 0 Å². The quantitative estimate of drug-likeness (QED) is 0.554. The van der Waals surface area contributed by atoms with Crippen molar-refractivity contribution in [3.8, 4) is 0 Å². The summed E-state index contributed by atoms with van der Waals surface area (Å²) in [5.74, 6) is 0.904. The number of hydrogen-bond acceptors (Lipinski definition) is 2. The fourth-order valence-corrected chi connectivity index (χ4v) is 2.62. The summed E-state index contributed by atoms with van der Waals surface area (Å²) >= 11 is 0. The first-order valence-corrected chi connectivity index (χ1v) is 4.87. The van der Waals surface area contributed by atoms with Crippen LogP contribution in [0.3, 0.4) is 0 Å². The van der Waals surface area contributed by atoms with Crippen molar-refractivity contribution < 1.29 is 9.47 Å². The van der Waals surface area contributed by atoms with Crippen LogP contribution >= 0.6 is 0 Å². The van der Waals surface area contributed by atoms with Gasteiger partial charge in [0.15, 0.2) is 5.79 Å². The predicted molar refractivity (Wildman–Crippen MR) is 46.8 cm³/mol. The highest BCUT2D eigenvalue weighted by atomic mass is 16.7. The molecule has 0 aliphatic carbocycles. The van der Waals surface area contributed by atoms with Crippen LogP contribution in [0.1, 0.15) is 34.1 Å². The molecule has 2 saturated heterocycles. The summed E-state index contributed by atoms with van der Waals surface area (Å²) in [4.78, 5) is 0. The highest BCUT2D eigenvalue weighted by molar-refractivity contribution is 4.92.